The number of unbranched alkanes of at least 4 members (excludes halogenated alkanes) is 11. The van der Waals surface area contributed by atoms with Gasteiger partial charge in [0.2, 0.25) is 0 Å². The van der Waals surface area contributed by atoms with Crippen LogP contribution in [0.15, 0.2) is 17.5 Å². The summed E-state index contributed by atoms with van der Waals surface area (Å²) in [6, 6.07) is 3.88. The maximum Gasteiger partial charge on any atom is 0.313 e. The number of thiophene rings is 1. The molecule has 1 aliphatic heterocycles. The van der Waals surface area contributed by atoms with Crippen LogP contribution in [0.2, 0.25) is 0 Å². The van der Waals surface area contributed by atoms with Gasteiger partial charge in [0.25, 0.3) is 0 Å². The van der Waals surface area contributed by atoms with Crippen LogP contribution in [-0.2, 0) is 9.53 Å². The molecule has 1 aliphatic rings. The normalized spacial score (nSPS) is 18.9. The fourth-order valence-electron chi connectivity index (χ4n) is 4.88. The van der Waals surface area contributed by atoms with Gasteiger partial charge in [-0.3, -0.25) is 9.59 Å². The minimum Gasteiger partial charge on any atom is -0.461 e. The van der Waals surface area contributed by atoms with Crippen molar-refractivity contribution in [1.29, 1.82) is 0 Å². The Bertz CT molecular complexity index is 625. The maximum absolute atomic E-state index is 12.8. The predicted molar refractivity (Wildman–Crippen MR) is 135 cm³/mol. The first kappa shape index (κ1) is 27.1. The zero-order chi connectivity index (χ0) is 23.0. The van der Waals surface area contributed by atoms with Crippen molar-refractivity contribution >= 4 is 23.1 Å². The number of esters is 1. The molecule has 2 heterocycles. The molecule has 0 aromatic carbocycles. The third-order valence-electron chi connectivity index (χ3n) is 6.94. The van der Waals surface area contributed by atoms with Crippen LogP contribution < -0.4 is 0 Å². The van der Waals surface area contributed by atoms with Gasteiger partial charge in [0.05, 0.1) is 10.8 Å². The van der Waals surface area contributed by atoms with Crippen molar-refractivity contribution in [3.8, 4) is 0 Å². The number of cyclic esters (lactones) is 1. The van der Waals surface area contributed by atoms with Gasteiger partial charge in [-0.05, 0) is 36.6 Å². The van der Waals surface area contributed by atoms with E-state index in [1.54, 1.807) is 0 Å². The Hall–Kier alpha value is -1.16. The molecule has 0 unspecified atom stereocenters. The van der Waals surface area contributed by atoms with Gasteiger partial charge in [0.1, 0.15) is 6.10 Å². The maximum atomic E-state index is 12.8. The van der Waals surface area contributed by atoms with Crippen LogP contribution in [0.1, 0.15) is 133 Å². The van der Waals surface area contributed by atoms with E-state index in [0.717, 1.165) is 30.6 Å². The summed E-state index contributed by atoms with van der Waals surface area (Å²) in [5.74, 6) is 0.628. The molecule has 1 saturated heterocycles. The fourth-order valence-corrected chi connectivity index (χ4v) is 5.56. The van der Waals surface area contributed by atoms with Gasteiger partial charge in [-0.1, -0.05) is 103 Å². The summed E-state index contributed by atoms with van der Waals surface area (Å²) in [7, 11) is 0. The molecule has 4 heteroatoms. The lowest BCUT2D eigenvalue weighted by Gasteiger charge is -2.37. The molecule has 1 aromatic heterocycles. The van der Waals surface area contributed by atoms with Gasteiger partial charge >= 0.3 is 5.97 Å². The number of hydrogen-bond acceptors (Lipinski definition) is 4. The molecule has 32 heavy (non-hydrogen) atoms. The van der Waals surface area contributed by atoms with Gasteiger partial charge in [-0.25, -0.2) is 0 Å². The van der Waals surface area contributed by atoms with E-state index >= 15 is 0 Å². The molecule has 0 amide bonds. The minimum atomic E-state index is -0.0158. The standard InChI is InChI=1S/C28H46O3S/c1-3-5-7-9-10-11-12-13-14-17-23(21-25(29)27-19-16-20-32-27)22-26-24(28(30)31-26)18-15-8-6-4-2/h16,19-20,23-24,26H,3-15,17-18,21-22H2,1-2H3/t23-,24+,26+/m1/s1. The first-order chi connectivity index (χ1) is 15.7. The van der Waals surface area contributed by atoms with E-state index < -0.39 is 0 Å². The summed E-state index contributed by atoms with van der Waals surface area (Å²) >= 11 is 1.54. The zero-order valence-electron chi connectivity index (χ0n) is 20.6. The Labute approximate surface area is 200 Å². The Morgan fingerprint density at radius 2 is 1.56 bits per heavy atom. The van der Waals surface area contributed by atoms with Crippen LogP contribution in [0.4, 0.5) is 0 Å². The molecule has 1 fully saturated rings. The van der Waals surface area contributed by atoms with Gasteiger partial charge < -0.3 is 4.74 Å². The minimum absolute atomic E-state index is 0.0158. The van der Waals surface area contributed by atoms with Gasteiger partial charge in [0.15, 0.2) is 5.78 Å². The highest BCUT2D eigenvalue weighted by molar-refractivity contribution is 7.12. The fraction of sp³-hybridized carbons (Fsp3) is 0.786. The summed E-state index contributed by atoms with van der Waals surface area (Å²) in [6.45, 7) is 4.47. The van der Waals surface area contributed by atoms with Crippen molar-refractivity contribution in [2.45, 2.75) is 129 Å². The van der Waals surface area contributed by atoms with Gasteiger partial charge in [-0.15, -0.1) is 11.3 Å². The third kappa shape index (κ3) is 10.2. The molecule has 0 aliphatic carbocycles. The van der Waals surface area contributed by atoms with Gasteiger partial charge in [0, 0.05) is 6.42 Å². The first-order valence-corrected chi connectivity index (χ1v) is 14.3. The van der Waals surface area contributed by atoms with Crippen LogP contribution in [0.25, 0.3) is 0 Å². The quantitative estimate of drug-likeness (QED) is 0.110. The number of carbonyl (C=O) groups is 2. The van der Waals surface area contributed by atoms with Crippen LogP contribution >= 0.6 is 11.3 Å². The van der Waals surface area contributed by atoms with Crippen molar-refractivity contribution in [2.24, 2.45) is 11.8 Å². The molecule has 0 bridgehead atoms. The molecule has 1 aromatic rings. The summed E-state index contributed by atoms with van der Waals surface area (Å²) < 4.78 is 5.56. The number of ketones is 1. The zero-order valence-corrected chi connectivity index (χ0v) is 21.4. The number of ether oxygens (including phenoxy) is 1. The molecule has 2 rings (SSSR count). The highest BCUT2D eigenvalue weighted by Gasteiger charge is 2.42. The topological polar surface area (TPSA) is 43.4 Å². The lowest BCUT2D eigenvalue weighted by molar-refractivity contribution is -0.187. The van der Waals surface area contributed by atoms with E-state index in [9.17, 15) is 9.59 Å². The number of rotatable bonds is 20. The number of hydrogen-bond donors (Lipinski definition) is 0. The third-order valence-corrected chi connectivity index (χ3v) is 7.85. The van der Waals surface area contributed by atoms with E-state index in [-0.39, 0.29) is 23.8 Å². The number of carbonyl (C=O) groups excluding carboxylic acids is 2. The van der Waals surface area contributed by atoms with Crippen molar-refractivity contribution < 1.29 is 14.3 Å². The second kappa shape index (κ2) is 16.5. The van der Waals surface area contributed by atoms with Crippen molar-refractivity contribution in [2.75, 3.05) is 0 Å². The molecule has 3 atom stereocenters. The average Bonchev–Trinajstić information content (AvgIpc) is 3.32. The van der Waals surface area contributed by atoms with Crippen molar-refractivity contribution in [3.63, 3.8) is 0 Å². The molecule has 182 valence electrons. The first-order valence-electron chi connectivity index (χ1n) is 13.4. The predicted octanol–water partition coefficient (Wildman–Crippen LogP) is 8.76. The number of Topliss-reactive ketones (excluding diaryl/α,β-unsaturated/α-hetero) is 1. The van der Waals surface area contributed by atoms with Crippen molar-refractivity contribution in [3.05, 3.63) is 22.4 Å². The Morgan fingerprint density at radius 3 is 2.16 bits per heavy atom. The molecule has 3 nitrogen and oxygen atoms in total. The lowest BCUT2D eigenvalue weighted by atomic mass is 9.81. The highest BCUT2D eigenvalue weighted by atomic mass is 32.1. The van der Waals surface area contributed by atoms with Crippen LogP contribution in [0.3, 0.4) is 0 Å². The largest absolute Gasteiger partial charge is 0.461 e. The van der Waals surface area contributed by atoms with Crippen LogP contribution in [0.5, 0.6) is 0 Å². The molecule has 0 saturated carbocycles. The Balaban J connectivity index is 1.75. The Kier molecular flexibility index (Phi) is 13.9. The van der Waals surface area contributed by atoms with Crippen LogP contribution in [-0.4, -0.2) is 17.9 Å². The smallest absolute Gasteiger partial charge is 0.313 e. The summed E-state index contributed by atoms with van der Waals surface area (Å²) in [5, 5.41) is 1.97. The van der Waals surface area contributed by atoms with Crippen LogP contribution in [0, 0.1) is 11.8 Å². The summed E-state index contributed by atoms with van der Waals surface area (Å²) in [4.78, 5) is 25.7. The Morgan fingerprint density at radius 1 is 0.938 bits per heavy atom. The molecule has 0 radical (unpaired) electrons. The van der Waals surface area contributed by atoms with E-state index in [1.165, 1.54) is 88.4 Å². The molecular weight excluding hydrogens is 416 g/mol. The second-order valence-corrected chi connectivity index (χ2v) is 10.7. The summed E-state index contributed by atoms with van der Waals surface area (Å²) in [5.41, 5.74) is 0. The van der Waals surface area contributed by atoms with E-state index in [0.29, 0.717) is 12.3 Å². The lowest BCUT2D eigenvalue weighted by Crippen LogP contribution is -2.46. The van der Waals surface area contributed by atoms with E-state index in [2.05, 4.69) is 13.8 Å². The van der Waals surface area contributed by atoms with Crippen molar-refractivity contribution in [1.82, 2.24) is 0 Å². The second-order valence-electron chi connectivity index (χ2n) is 9.75. The molecular formula is C28H46O3S. The SMILES string of the molecule is CCCCCCCCCCC[C@H](CC(=O)c1cccs1)C[C@@H]1OC(=O)[C@H]1CCCCCC. The van der Waals surface area contributed by atoms with Gasteiger partial charge in [-0.2, -0.15) is 0 Å². The van der Waals surface area contributed by atoms with E-state index in [1.807, 2.05) is 17.5 Å². The molecule has 0 N–H and O–H groups in total. The molecule has 0 spiro atoms. The van der Waals surface area contributed by atoms with E-state index in [4.69, 9.17) is 4.74 Å². The summed E-state index contributed by atoms with van der Waals surface area (Å²) in [6.07, 6.45) is 20.1. The average molecular weight is 463 g/mol. The highest BCUT2D eigenvalue weighted by Crippen LogP contribution is 2.35. The monoisotopic (exact) mass is 462 g/mol.